The van der Waals surface area contributed by atoms with Gasteiger partial charge in [-0.1, -0.05) is 30.0 Å². The number of anilines is 1. The molecular formula is C18H20N3NaO3S. The van der Waals surface area contributed by atoms with Gasteiger partial charge in [-0.3, -0.25) is 14.9 Å². The van der Waals surface area contributed by atoms with Crippen LogP contribution in [0.4, 0.5) is 10.6 Å². The van der Waals surface area contributed by atoms with Crippen molar-refractivity contribution in [1.82, 2.24) is 10.3 Å². The summed E-state index contributed by atoms with van der Waals surface area (Å²) in [6.07, 6.45) is 2.30. The summed E-state index contributed by atoms with van der Waals surface area (Å²) < 4.78 is 5.75. The number of aromatic nitrogens is 1. The fraction of sp³-hybridized carbons (Fsp3) is 0.278. The van der Waals surface area contributed by atoms with E-state index < -0.39 is 0 Å². The van der Waals surface area contributed by atoms with E-state index in [-0.39, 0.29) is 47.4 Å². The monoisotopic (exact) mass is 381 g/mol. The van der Waals surface area contributed by atoms with Crippen molar-refractivity contribution in [3.63, 3.8) is 0 Å². The van der Waals surface area contributed by atoms with Crippen LogP contribution in [0.5, 0.6) is 5.75 Å². The summed E-state index contributed by atoms with van der Waals surface area (Å²) in [6.45, 7) is 1.27. The maximum absolute atomic E-state index is 11.6. The topological polar surface area (TPSA) is 71.5 Å². The Kier molecular flexibility index (Phi) is 7.96. The molecule has 6 nitrogen and oxygen atoms in total. The number of imide groups is 1. The predicted molar refractivity (Wildman–Crippen MR) is 99.2 cm³/mol. The maximum Gasteiger partial charge on any atom is 1.00 e. The normalized spacial score (nSPS) is 16.0. The molecule has 8 heteroatoms. The number of carbonyl (C=O) groups excluding carboxylic acids is 2. The fourth-order valence-corrected chi connectivity index (χ4v) is 3.32. The summed E-state index contributed by atoms with van der Waals surface area (Å²) in [7, 11) is 1.97. The zero-order valence-corrected chi connectivity index (χ0v) is 17.7. The number of nitrogens with one attached hydrogen (secondary N) is 1. The molecule has 1 aromatic heterocycles. The Morgan fingerprint density at radius 2 is 2.00 bits per heavy atom. The molecule has 0 bridgehead atoms. The SMILES string of the molecule is CN(CCOc1ccc(CC2SC(=O)NC2=O)cc1)c1ccccn1.[H-].[Na+]. The number of ether oxygens (including phenoxy) is 1. The molecule has 0 radical (unpaired) electrons. The van der Waals surface area contributed by atoms with Gasteiger partial charge in [0.25, 0.3) is 5.24 Å². The predicted octanol–water partition coefficient (Wildman–Crippen LogP) is -0.393. The number of thioether (sulfide) groups is 1. The average molecular weight is 381 g/mol. The molecule has 1 N–H and O–H groups in total. The summed E-state index contributed by atoms with van der Waals surface area (Å²) in [5.41, 5.74) is 1.00. The van der Waals surface area contributed by atoms with Gasteiger partial charge in [0.2, 0.25) is 5.91 Å². The van der Waals surface area contributed by atoms with Crippen LogP contribution in [0.15, 0.2) is 48.7 Å². The molecule has 1 aromatic carbocycles. The minimum Gasteiger partial charge on any atom is -1.00 e. The number of benzene rings is 1. The summed E-state index contributed by atoms with van der Waals surface area (Å²) in [6, 6.07) is 13.4. The van der Waals surface area contributed by atoms with Gasteiger partial charge in [0.15, 0.2) is 0 Å². The molecule has 132 valence electrons. The largest absolute Gasteiger partial charge is 1.00 e. The van der Waals surface area contributed by atoms with Crippen molar-refractivity contribution < 1.29 is 45.3 Å². The minimum atomic E-state index is -0.341. The Labute approximate surface area is 180 Å². The number of carbonyl (C=O) groups is 2. The van der Waals surface area contributed by atoms with Gasteiger partial charge in [0.1, 0.15) is 18.2 Å². The van der Waals surface area contributed by atoms with Crippen molar-refractivity contribution in [3.8, 4) is 5.75 Å². The summed E-state index contributed by atoms with van der Waals surface area (Å²) in [5, 5.41) is 1.69. The van der Waals surface area contributed by atoms with E-state index in [2.05, 4.69) is 10.3 Å². The van der Waals surface area contributed by atoms with Crippen LogP contribution in [0.1, 0.15) is 6.99 Å². The van der Waals surface area contributed by atoms with E-state index in [9.17, 15) is 9.59 Å². The van der Waals surface area contributed by atoms with Gasteiger partial charge in [-0.2, -0.15) is 0 Å². The van der Waals surface area contributed by atoms with Crippen molar-refractivity contribution in [1.29, 1.82) is 0 Å². The third-order valence-electron chi connectivity index (χ3n) is 3.85. The van der Waals surface area contributed by atoms with Crippen LogP contribution in [-0.4, -0.2) is 41.6 Å². The summed E-state index contributed by atoms with van der Waals surface area (Å²) in [4.78, 5) is 29.1. The van der Waals surface area contributed by atoms with E-state index in [0.717, 1.165) is 35.4 Å². The second-order valence-corrected chi connectivity index (χ2v) is 6.86. The van der Waals surface area contributed by atoms with Crippen LogP contribution < -0.4 is 44.5 Å². The van der Waals surface area contributed by atoms with Gasteiger partial charge in [-0.15, -0.1) is 0 Å². The van der Waals surface area contributed by atoms with Crippen molar-refractivity contribution in [3.05, 3.63) is 54.2 Å². The summed E-state index contributed by atoms with van der Waals surface area (Å²) >= 11 is 1.05. The van der Waals surface area contributed by atoms with Crippen molar-refractivity contribution in [2.75, 3.05) is 25.1 Å². The number of rotatable bonds is 7. The third-order valence-corrected chi connectivity index (χ3v) is 4.83. The number of pyridine rings is 1. The van der Waals surface area contributed by atoms with Crippen LogP contribution in [0, 0.1) is 0 Å². The molecule has 1 fully saturated rings. The van der Waals surface area contributed by atoms with E-state index in [0.29, 0.717) is 13.0 Å². The maximum atomic E-state index is 11.6. The standard InChI is InChI=1S/C18H19N3O3S.Na.H/c1-21(16-4-2-3-9-19-16)10-11-24-14-7-5-13(6-8-14)12-15-17(22)20-18(23)25-15;;/h2-9,15H,10-12H2,1H3,(H,20,22,23);;/q;+1;-1. The van der Waals surface area contributed by atoms with Gasteiger partial charge >= 0.3 is 29.6 Å². The number of hydrogen-bond donors (Lipinski definition) is 1. The number of amides is 2. The van der Waals surface area contributed by atoms with Crippen LogP contribution in [-0.2, 0) is 11.2 Å². The average Bonchev–Trinajstić information content (AvgIpc) is 2.94. The molecule has 1 unspecified atom stereocenters. The molecule has 1 saturated heterocycles. The van der Waals surface area contributed by atoms with Crippen LogP contribution in [0.3, 0.4) is 0 Å². The fourth-order valence-electron chi connectivity index (χ4n) is 2.46. The molecule has 1 atom stereocenters. The number of likely N-dealkylation sites (N-methyl/N-ethyl adjacent to an activating group) is 1. The molecule has 0 spiro atoms. The third kappa shape index (κ3) is 5.74. The molecule has 1 aliphatic heterocycles. The molecule has 0 saturated carbocycles. The zero-order chi connectivity index (χ0) is 17.6. The van der Waals surface area contributed by atoms with E-state index in [1.165, 1.54) is 0 Å². The molecular weight excluding hydrogens is 361 g/mol. The molecule has 3 rings (SSSR count). The molecule has 1 aliphatic rings. The van der Waals surface area contributed by atoms with Crippen LogP contribution in [0.2, 0.25) is 0 Å². The Morgan fingerprint density at radius 3 is 2.62 bits per heavy atom. The minimum absolute atomic E-state index is 0. The Balaban J connectivity index is 0.00000182. The molecule has 0 aliphatic carbocycles. The first-order chi connectivity index (χ1) is 12.1. The zero-order valence-electron chi connectivity index (χ0n) is 15.8. The van der Waals surface area contributed by atoms with E-state index in [1.807, 2.05) is 54.4 Å². The van der Waals surface area contributed by atoms with Crippen molar-refractivity contribution >= 4 is 28.7 Å². The van der Waals surface area contributed by atoms with Crippen molar-refractivity contribution in [2.45, 2.75) is 11.7 Å². The second-order valence-electron chi connectivity index (χ2n) is 5.69. The molecule has 26 heavy (non-hydrogen) atoms. The van der Waals surface area contributed by atoms with Gasteiger partial charge in [0.05, 0.1) is 11.8 Å². The number of nitrogens with zero attached hydrogens (tertiary/aromatic N) is 2. The van der Waals surface area contributed by atoms with Gasteiger partial charge in [0, 0.05) is 13.2 Å². The van der Waals surface area contributed by atoms with Gasteiger partial charge in [-0.25, -0.2) is 4.98 Å². The molecule has 2 aromatic rings. The van der Waals surface area contributed by atoms with Gasteiger partial charge < -0.3 is 11.1 Å². The van der Waals surface area contributed by atoms with Crippen LogP contribution >= 0.6 is 11.8 Å². The summed E-state index contributed by atoms with van der Waals surface area (Å²) in [5.74, 6) is 1.47. The second kappa shape index (κ2) is 9.97. The van der Waals surface area contributed by atoms with Crippen molar-refractivity contribution in [2.24, 2.45) is 0 Å². The van der Waals surface area contributed by atoms with E-state index >= 15 is 0 Å². The smallest absolute Gasteiger partial charge is 1.00 e. The van der Waals surface area contributed by atoms with Gasteiger partial charge in [-0.05, 0) is 36.2 Å². The first kappa shape index (κ1) is 20.8. The number of hydrogen-bond acceptors (Lipinski definition) is 6. The Hall–Kier alpha value is -1.54. The van der Waals surface area contributed by atoms with E-state index in [4.69, 9.17) is 4.74 Å². The first-order valence-corrected chi connectivity index (χ1v) is 8.85. The van der Waals surface area contributed by atoms with E-state index in [1.54, 1.807) is 6.20 Å². The Bertz CT molecular complexity index is 749. The van der Waals surface area contributed by atoms with Crippen LogP contribution in [0.25, 0.3) is 0 Å². The quantitative estimate of drug-likeness (QED) is 0.659. The first-order valence-electron chi connectivity index (χ1n) is 7.97. The Morgan fingerprint density at radius 1 is 1.23 bits per heavy atom. The molecule has 2 heterocycles. The molecule has 2 amide bonds.